The van der Waals surface area contributed by atoms with Crippen molar-refractivity contribution < 1.29 is 4.74 Å². The highest BCUT2D eigenvalue weighted by molar-refractivity contribution is 5.42. The second-order valence-corrected chi connectivity index (χ2v) is 4.99. The summed E-state index contributed by atoms with van der Waals surface area (Å²) in [6.07, 6.45) is 0. The van der Waals surface area contributed by atoms with E-state index in [0.29, 0.717) is 5.92 Å². The van der Waals surface area contributed by atoms with Crippen LogP contribution in [0.4, 0.5) is 0 Å². The summed E-state index contributed by atoms with van der Waals surface area (Å²) < 4.78 is 5.48. The number of hydrogen-bond donors (Lipinski definition) is 1. The van der Waals surface area contributed by atoms with Gasteiger partial charge in [0.15, 0.2) is 0 Å². The molecule has 90 valence electrons. The smallest absolute Gasteiger partial charge is 0.124 e. The fourth-order valence-electron chi connectivity index (χ4n) is 1.72. The van der Waals surface area contributed by atoms with E-state index in [4.69, 9.17) is 4.74 Å². The lowest BCUT2D eigenvalue weighted by Gasteiger charge is -2.27. The predicted molar refractivity (Wildman–Crippen MR) is 69.2 cm³/mol. The maximum atomic E-state index is 5.48. The summed E-state index contributed by atoms with van der Waals surface area (Å²) in [5.74, 6) is 1.49. The molecule has 0 aromatic heterocycles. The average Bonchev–Trinajstić information content (AvgIpc) is 2.28. The monoisotopic (exact) mass is 221 g/mol. The van der Waals surface area contributed by atoms with E-state index in [1.54, 1.807) is 7.11 Å². The molecule has 1 aromatic carbocycles. The molecule has 1 aromatic rings. The first-order valence-electron chi connectivity index (χ1n) is 5.79. The molecule has 0 saturated carbocycles. The fraction of sp³-hybridized carbons (Fsp3) is 0.571. The third kappa shape index (κ3) is 2.56. The van der Waals surface area contributed by atoms with Crippen LogP contribution in [0.5, 0.6) is 5.75 Å². The topological polar surface area (TPSA) is 21.3 Å². The molecule has 0 atom stereocenters. The minimum absolute atomic E-state index is 0.0686. The van der Waals surface area contributed by atoms with Crippen LogP contribution >= 0.6 is 0 Å². The van der Waals surface area contributed by atoms with Crippen molar-refractivity contribution in [3.05, 3.63) is 29.3 Å². The Labute approximate surface area is 99.0 Å². The summed E-state index contributed by atoms with van der Waals surface area (Å²) in [5.41, 5.74) is 2.44. The molecule has 0 radical (unpaired) electrons. The zero-order valence-electron chi connectivity index (χ0n) is 11.2. The zero-order chi connectivity index (χ0) is 12.3. The SMILES string of the molecule is CNC(C)(C)c1ccc(C(C)C)cc1OC. The molecule has 0 aliphatic rings. The third-order valence-corrected chi connectivity index (χ3v) is 3.19. The van der Waals surface area contributed by atoms with Crippen LogP contribution in [-0.2, 0) is 5.54 Å². The molecule has 0 fully saturated rings. The molecule has 0 saturated heterocycles. The van der Waals surface area contributed by atoms with Crippen molar-refractivity contribution in [3.8, 4) is 5.75 Å². The van der Waals surface area contributed by atoms with Crippen LogP contribution in [0.3, 0.4) is 0 Å². The lowest BCUT2D eigenvalue weighted by Crippen LogP contribution is -2.33. The maximum Gasteiger partial charge on any atom is 0.124 e. The molecule has 2 heteroatoms. The van der Waals surface area contributed by atoms with E-state index in [2.05, 4.69) is 51.2 Å². The Balaban J connectivity index is 3.22. The molecule has 2 nitrogen and oxygen atoms in total. The molecule has 0 amide bonds. The van der Waals surface area contributed by atoms with Crippen LogP contribution in [0.1, 0.15) is 44.7 Å². The van der Waals surface area contributed by atoms with Crippen molar-refractivity contribution in [2.75, 3.05) is 14.2 Å². The van der Waals surface area contributed by atoms with Gasteiger partial charge >= 0.3 is 0 Å². The van der Waals surface area contributed by atoms with E-state index in [1.165, 1.54) is 11.1 Å². The van der Waals surface area contributed by atoms with Crippen LogP contribution in [0.15, 0.2) is 18.2 Å². The third-order valence-electron chi connectivity index (χ3n) is 3.19. The molecular weight excluding hydrogens is 198 g/mol. The largest absolute Gasteiger partial charge is 0.496 e. The van der Waals surface area contributed by atoms with Gasteiger partial charge < -0.3 is 10.1 Å². The Hall–Kier alpha value is -1.02. The Kier molecular flexibility index (Phi) is 3.98. The molecule has 0 spiro atoms. The van der Waals surface area contributed by atoms with Crippen LogP contribution in [-0.4, -0.2) is 14.2 Å². The van der Waals surface area contributed by atoms with Gasteiger partial charge in [-0.05, 0) is 38.4 Å². The minimum Gasteiger partial charge on any atom is -0.496 e. The Morgan fingerprint density at radius 2 is 1.88 bits per heavy atom. The number of ether oxygens (including phenoxy) is 1. The second kappa shape index (κ2) is 4.88. The van der Waals surface area contributed by atoms with Gasteiger partial charge in [-0.3, -0.25) is 0 Å². The Bertz CT molecular complexity index is 356. The van der Waals surface area contributed by atoms with Gasteiger partial charge in [-0.25, -0.2) is 0 Å². The second-order valence-electron chi connectivity index (χ2n) is 4.99. The lowest BCUT2D eigenvalue weighted by molar-refractivity contribution is 0.374. The van der Waals surface area contributed by atoms with Gasteiger partial charge in [0, 0.05) is 11.1 Å². The summed E-state index contributed by atoms with van der Waals surface area (Å²) in [6, 6.07) is 6.48. The highest BCUT2D eigenvalue weighted by Crippen LogP contribution is 2.32. The van der Waals surface area contributed by atoms with Gasteiger partial charge in [0.1, 0.15) is 5.75 Å². The van der Waals surface area contributed by atoms with E-state index >= 15 is 0 Å². The van der Waals surface area contributed by atoms with Gasteiger partial charge in [-0.1, -0.05) is 26.0 Å². The number of methoxy groups -OCH3 is 1. The van der Waals surface area contributed by atoms with Gasteiger partial charge in [-0.2, -0.15) is 0 Å². The number of rotatable bonds is 4. The summed E-state index contributed by atoms with van der Waals surface area (Å²) in [6.45, 7) is 8.69. The first-order valence-corrected chi connectivity index (χ1v) is 5.79. The highest BCUT2D eigenvalue weighted by atomic mass is 16.5. The van der Waals surface area contributed by atoms with Gasteiger partial charge in [0.2, 0.25) is 0 Å². The Morgan fingerprint density at radius 1 is 1.25 bits per heavy atom. The van der Waals surface area contributed by atoms with Crippen molar-refractivity contribution in [1.29, 1.82) is 0 Å². The summed E-state index contributed by atoms with van der Waals surface area (Å²) >= 11 is 0. The molecule has 0 heterocycles. The first kappa shape index (κ1) is 13.0. The minimum atomic E-state index is -0.0686. The van der Waals surface area contributed by atoms with Crippen LogP contribution < -0.4 is 10.1 Å². The molecule has 0 unspecified atom stereocenters. The fourth-order valence-corrected chi connectivity index (χ4v) is 1.72. The molecule has 1 rings (SSSR count). The van der Waals surface area contributed by atoms with Crippen LogP contribution in [0.25, 0.3) is 0 Å². The molecule has 1 N–H and O–H groups in total. The van der Waals surface area contributed by atoms with Gasteiger partial charge in [0.05, 0.1) is 7.11 Å². The van der Waals surface area contributed by atoms with E-state index in [1.807, 2.05) is 7.05 Å². The summed E-state index contributed by atoms with van der Waals surface area (Å²) in [5, 5.41) is 3.30. The highest BCUT2D eigenvalue weighted by Gasteiger charge is 2.22. The molecule has 0 bridgehead atoms. The van der Waals surface area contributed by atoms with Crippen LogP contribution in [0.2, 0.25) is 0 Å². The van der Waals surface area contributed by atoms with Crippen molar-refractivity contribution in [1.82, 2.24) is 5.32 Å². The average molecular weight is 221 g/mol. The molecule has 16 heavy (non-hydrogen) atoms. The first-order chi connectivity index (χ1) is 7.42. The summed E-state index contributed by atoms with van der Waals surface area (Å²) in [4.78, 5) is 0. The van der Waals surface area contributed by atoms with Crippen molar-refractivity contribution in [2.45, 2.75) is 39.2 Å². The van der Waals surface area contributed by atoms with E-state index in [-0.39, 0.29) is 5.54 Å². The number of nitrogens with one attached hydrogen (secondary N) is 1. The quantitative estimate of drug-likeness (QED) is 0.842. The normalized spacial score (nSPS) is 11.9. The number of benzene rings is 1. The van der Waals surface area contributed by atoms with E-state index < -0.39 is 0 Å². The van der Waals surface area contributed by atoms with Crippen molar-refractivity contribution in [2.24, 2.45) is 0 Å². The van der Waals surface area contributed by atoms with Gasteiger partial charge in [0.25, 0.3) is 0 Å². The standard InChI is InChI=1S/C14H23NO/c1-10(2)11-7-8-12(13(9-11)16-6)14(3,4)15-5/h7-10,15H,1-6H3. The van der Waals surface area contributed by atoms with Crippen molar-refractivity contribution in [3.63, 3.8) is 0 Å². The number of hydrogen-bond acceptors (Lipinski definition) is 2. The van der Waals surface area contributed by atoms with E-state index in [9.17, 15) is 0 Å². The van der Waals surface area contributed by atoms with Crippen molar-refractivity contribution >= 4 is 0 Å². The predicted octanol–water partition coefficient (Wildman–Crippen LogP) is 3.27. The van der Waals surface area contributed by atoms with E-state index in [0.717, 1.165) is 5.75 Å². The molecule has 0 aliphatic heterocycles. The van der Waals surface area contributed by atoms with Gasteiger partial charge in [-0.15, -0.1) is 0 Å². The maximum absolute atomic E-state index is 5.48. The van der Waals surface area contributed by atoms with Crippen LogP contribution in [0, 0.1) is 0 Å². The summed E-state index contributed by atoms with van der Waals surface area (Å²) in [7, 11) is 3.70. The Morgan fingerprint density at radius 3 is 2.31 bits per heavy atom. The lowest BCUT2D eigenvalue weighted by atomic mass is 9.91. The molecule has 0 aliphatic carbocycles. The zero-order valence-corrected chi connectivity index (χ0v) is 11.2. The molecular formula is C14H23NO.